The maximum absolute atomic E-state index is 12.5. The first-order valence-corrected chi connectivity index (χ1v) is 9.07. The topological polar surface area (TPSA) is 73.5 Å². The number of rotatable bonds is 6. The molecule has 2 aromatic rings. The van der Waals surface area contributed by atoms with Crippen LogP contribution in [0.2, 0.25) is 0 Å². The van der Waals surface area contributed by atoms with Crippen molar-refractivity contribution in [2.45, 2.75) is 27.2 Å². The quantitative estimate of drug-likeness (QED) is 0.717. The highest BCUT2D eigenvalue weighted by molar-refractivity contribution is 6.04. The van der Waals surface area contributed by atoms with Crippen LogP contribution in [0, 0.1) is 13.8 Å². The Morgan fingerprint density at radius 2 is 1.67 bits per heavy atom. The Labute approximate surface area is 161 Å². The van der Waals surface area contributed by atoms with E-state index >= 15 is 0 Å². The Hall–Kier alpha value is -3.02. The molecular weight excluding hydrogens is 340 g/mol. The van der Waals surface area contributed by atoms with Crippen LogP contribution in [0.5, 0.6) is 0 Å². The predicted molar refractivity (Wildman–Crippen MR) is 112 cm³/mol. The SMILES string of the molecule is CCCNC(=O)c1cc(NC(=O)Nc2c(C)cccc2C)ccc1N(C)C. The molecule has 0 fully saturated rings. The largest absolute Gasteiger partial charge is 0.377 e. The molecule has 0 atom stereocenters. The van der Waals surface area contributed by atoms with E-state index in [0.29, 0.717) is 17.8 Å². The van der Waals surface area contributed by atoms with Gasteiger partial charge in [-0.05, 0) is 49.6 Å². The smallest absolute Gasteiger partial charge is 0.323 e. The minimum atomic E-state index is -0.343. The number of benzene rings is 2. The highest BCUT2D eigenvalue weighted by Gasteiger charge is 2.15. The molecule has 2 rings (SSSR count). The van der Waals surface area contributed by atoms with E-state index < -0.39 is 0 Å². The molecule has 2 aromatic carbocycles. The van der Waals surface area contributed by atoms with Crippen molar-refractivity contribution in [1.29, 1.82) is 0 Å². The molecule has 27 heavy (non-hydrogen) atoms. The van der Waals surface area contributed by atoms with E-state index in [0.717, 1.165) is 28.9 Å². The number of anilines is 3. The molecule has 0 radical (unpaired) electrons. The van der Waals surface area contributed by atoms with Crippen LogP contribution in [0.1, 0.15) is 34.8 Å². The van der Waals surface area contributed by atoms with Crippen molar-refractivity contribution >= 4 is 29.0 Å². The van der Waals surface area contributed by atoms with Gasteiger partial charge in [0.15, 0.2) is 0 Å². The van der Waals surface area contributed by atoms with E-state index in [4.69, 9.17) is 0 Å². The van der Waals surface area contributed by atoms with Crippen molar-refractivity contribution in [3.05, 3.63) is 53.1 Å². The molecule has 144 valence electrons. The highest BCUT2D eigenvalue weighted by atomic mass is 16.2. The fraction of sp³-hybridized carbons (Fsp3) is 0.333. The molecule has 0 saturated carbocycles. The van der Waals surface area contributed by atoms with Gasteiger partial charge in [0.05, 0.1) is 5.56 Å². The third-order valence-corrected chi connectivity index (χ3v) is 4.24. The summed E-state index contributed by atoms with van der Waals surface area (Å²) >= 11 is 0. The average Bonchev–Trinajstić information content (AvgIpc) is 2.62. The summed E-state index contributed by atoms with van der Waals surface area (Å²) in [6, 6.07) is 10.8. The Balaban J connectivity index is 2.20. The van der Waals surface area contributed by atoms with Crippen molar-refractivity contribution in [3.8, 4) is 0 Å². The summed E-state index contributed by atoms with van der Waals surface area (Å²) in [5, 5.41) is 8.59. The first-order chi connectivity index (χ1) is 12.8. The normalized spacial score (nSPS) is 10.3. The second-order valence-electron chi connectivity index (χ2n) is 6.73. The number of carbonyl (C=O) groups excluding carboxylic acids is 2. The maximum Gasteiger partial charge on any atom is 0.323 e. The first-order valence-electron chi connectivity index (χ1n) is 9.07. The van der Waals surface area contributed by atoms with E-state index in [1.165, 1.54) is 0 Å². The van der Waals surface area contributed by atoms with Crippen LogP contribution in [-0.2, 0) is 0 Å². The van der Waals surface area contributed by atoms with E-state index in [1.807, 2.05) is 64.0 Å². The van der Waals surface area contributed by atoms with Gasteiger partial charge < -0.3 is 20.9 Å². The minimum absolute atomic E-state index is 0.153. The van der Waals surface area contributed by atoms with Crippen molar-refractivity contribution in [2.75, 3.05) is 36.2 Å². The number of amides is 3. The van der Waals surface area contributed by atoms with Crippen molar-refractivity contribution in [2.24, 2.45) is 0 Å². The van der Waals surface area contributed by atoms with Gasteiger partial charge in [0.25, 0.3) is 5.91 Å². The fourth-order valence-corrected chi connectivity index (χ4v) is 2.81. The second kappa shape index (κ2) is 9.07. The van der Waals surface area contributed by atoms with Gasteiger partial charge >= 0.3 is 6.03 Å². The van der Waals surface area contributed by atoms with Gasteiger partial charge in [-0.2, -0.15) is 0 Å². The van der Waals surface area contributed by atoms with E-state index in [1.54, 1.807) is 12.1 Å². The molecule has 0 bridgehead atoms. The summed E-state index contributed by atoms with van der Waals surface area (Å²) in [4.78, 5) is 26.8. The lowest BCUT2D eigenvalue weighted by Crippen LogP contribution is -2.27. The Kier molecular flexibility index (Phi) is 6.82. The zero-order valence-electron chi connectivity index (χ0n) is 16.6. The average molecular weight is 368 g/mol. The summed E-state index contributed by atoms with van der Waals surface area (Å²) in [7, 11) is 3.76. The number of para-hydroxylation sites is 1. The molecule has 0 aliphatic rings. The maximum atomic E-state index is 12.5. The molecule has 3 amide bonds. The number of nitrogens with zero attached hydrogens (tertiary/aromatic N) is 1. The third kappa shape index (κ3) is 5.23. The van der Waals surface area contributed by atoms with Gasteiger partial charge in [0.1, 0.15) is 0 Å². The van der Waals surface area contributed by atoms with E-state index in [2.05, 4.69) is 16.0 Å². The van der Waals surface area contributed by atoms with Gasteiger partial charge in [0, 0.05) is 37.7 Å². The molecule has 0 saturated heterocycles. The monoisotopic (exact) mass is 368 g/mol. The number of hydrogen-bond donors (Lipinski definition) is 3. The fourth-order valence-electron chi connectivity index (χ4n) is 2.81. The van der Waals surface area contributed by atoms with Crippen LogP contribution in [0.15, 0.2) is 36.4 Å². The molecule has 6 heteroatoms. The molecular formula is C21H28N4O2. The molecule has 0 aromatic heterocycles. The summed E-state index contributed by atoms with van der Waals surface area (Å²) < 4.78 is 0. The number of carbonyl (C=O) groups is 2. The highest BCUT2D eigenvalue weighted by Crippen LogP contribution is 2.24. The van der Waals surface area contributed by atoms with E-state index in [9.17, 15) is 9.59 Å². The Bertz CT molecular complexity index is 811. The minimum Gasteiger partial charge on any atom is -0.377 e. The molecule has 0 aliphatic carbocycles. The summed E-state index contributed by atoms with van der Waals surface area (Å²) in [5.41, 5.74) is 4.66. The van der Waals surface area contributed by atoms with Crippen LogP contribution >= 0.6 is 0 Å². The Morgan fingerprint density at radius 1 is 1.00 bits per heavy atom. The van der Waals surface area contributed by atoms with Gasteiger partial charge in [-0.15, -0.1) is 0 Å². The van der Waals surface area contributed by atoms with Gasteiger partial charge in [-0.1, -0.05) is 25.1 Å². The van der Waals surface area contributed by atoms with Gasteiger partial charge in [0.2, 0.25) is 0 Å². The second-order valence-corrected chi connectivity index (χ2v) is 6.73. The predicted octanol–water partition coefficient (Wildman–Crippen LogP) is 4.15. The summed E-state index contributed by atoms with van der Waals surface area (Å²) in [6.07, 6.45) is 0.860. The molecule has 0 aliphatic heterocycles. The zero-order valence-corrected chi connectivity index (χ0v) is 16.6. The Morgan fingerprint density at radius 3 is 2.26 bits per heavy atom. The first kappa shape index (κ1) is 20.3. The number of nitrogens with one attached hydrogen (secondary N) is 3. The lowest BCUT2D eigenvalue weighted by atomic mass is 10.1. The van der Waals surface area contributed by atoms with Crippen LogP contribution < -0.4 is 20.9 Å². The lowest BCUT2D eigenvalue weighted by molar-refractivity contribution is 0.0954. The van der Waals surface area contributed by atoms with Crippen LogP contribution in [0.4, 0.5) is 21.9 Å². The number of urea groups is 1. The number of hydrogen-bond acceptors (Lipinski definition) is 3. The van der Waals surface area contributed by atoms with Gasteiger partial charge in [-0.3, -0.25) is 4.79 Å². The van der Waals surface area contributed by atoms with Gasteiger partial charge in [-0.25, -0.2) is 4.79 Å². The van der Waals surface area contributed by atoms with Crippen LogP contribution in [-0.4, -0.2) is 32.6 Å². The summed E-state index contributed by atoms with van der Waals surface area (Å²) in [5.74, 6) is -0.153. The lowest BCUT2D eigenvalue weighted by Gasteiger charge is -2.19. The molecule has 0 spiro atoms. The third-order valence-electron chi connectivity index (χ3n) is 4.24. The molecule has 0 unspecified atom stereocenters. The van der Waals surface area contributed by atoms with Crippen molar-refractivity contribution in [1.82, 2.24) is 5.32 Å². The summed E-state index contributed by atoms with van der Waals surface area (Å²) in [6.45, 7) is 6.51. The zero-order chi connectivity index (χ0) is 20.0. The number of aryl methyl sites for hydroxylation is 2. The van der Waals surface area contributed by atoms with Crippen LogP contribution in [0.25, 0.3) is 0 Å². The van der Waals surface area contributed by atoms with Crippen LogP contribution in [0.3, 0.4) is 0 Å². The van der Waals surface area contributed by atoms with Crippen molar-refractivity contribution < 1.29 is 9.59 Å². The molecule has 0 heterocycles. The van der Waals surface area contributed by atoms with Crippen molar-refractivity contribution in [3.63, 3.8) is 0 Å². The standard InChI is InChI=1S/C21H28N4O2/c1-6-12-22-20(26)17-13-16(10-11-18(17)25(4)5)23-21(27)24-19-14(2)8-7-9-15(19)3/h7-11,13H,6,12H2,1-5H3,(H,22,26)(H2,23,24,27). The molecule has 6 nitrogen and oxygen atoms in total. The van der Waals surface area contributed by atoms with E-state index in [-0.39, 0.29) is 11.9 Å². The molecule has 3 N–H and O–H groups in total.